The molecule has 1 aromatic heterocycles. The van der Waals surface area contributed by atoms with Crippen molar-refractivity contribution in [1.29, 1.82) is 0 Å². The molecular formula is C25H22N2O4. The molecule has 4 aromatic rings. The molecule has 0 saturated heterocycles. The predicted octanol–water partition coefficient (Wildman–Crippen LogP) is 5.18. The molecule has 0 atom stereocenters. The normalized spacial score (nSPS) is 10.6. The molecule has 0 radical (unpaired) electrons. The maximum atomic E-state index is 13.5. The molecule has 0 aliphatic carbocycles. The number of methoxy groups -OCH3 is 1. The summed E-state index contributed by atoms with van der Waals surface area (Å²) in [5.74, 6) is -0.130. The predicted molar refractivity (Wildman–Crippen MR) is 120 cm³/mol. The van der Waals surface area contributed by atoms with Gasteiger partial charge in [-0.1, -0.05) is 42.5 Å². The number of benzene rings is 3. The Labute approximate surface area is 179 Å². The summed E-state index contributed by atoms with van der Waals surface area (Å²) in [6, 6.07) is 19.4. The molecule has 6 nitrogen and oxygen atoms in total. The van der Waals surface area contributed by atoms with Gasteiger partial charge in [-0.05, 0) is 53.1 Å². The molecule has 4 rings (SSSR count). The van der Waals surface area contributed by atoms with Gasteiger partial charge in [0.15, 0.2) is 11.5 Å². The molecule has 0 fully saturated rings. The third kappa shape index (κ3) is 3.83. The van der Waals surface area contributed by atoms with E-state index in [2.05, 4.69) is 5.10 Å². The van der Waals surface area contributed by atoms with Crippen LogP contribution in [0.25, 0.3) is 21.9 Å². The Kier molecular flexibility index (Phi) is 5.37. The van der Waals surface area contributed by atoms with Crippen LogP contribution in [-0.4, -0.2) is 33.0 Å². The zero-order valence-electron chi connectivity index (χ0n) is 17.2. The number of aromatic amines is 1. The maximum Gasteiger partial charge on any atom is 0.280 e. The Bertz CT molecular complexity index is 1330. The van der Waals surface area contributed by atoms with E-state index in [9.17, 15) is 15.0 Å². The van der Waals surface area contributed by atoms with E-state index in [1.165, 1.54) is 17.9 Å². The van der Waals surface area contributed by atoms with Crippen molar-refractivity contribution in [1.82, 2.24) is 9.78 Å². The number of hydrogen-bond acceptors (Lipinski definition) is 4. The van der Waals surface area contributed by atoms with Gasteiger partial charge >= 0.3 is 0 Å². The van der Waals surface area contributed by atoms with Crippen LogP contribution >= 0.6 is 0 Å². The number of rotatable bonds is 3. The summed E-state index contributed by atoms with van der Waals surface area (Å²) < 4.78 is 6.57. The smallest absolute Gasteiger partial charge is 0.280 e. The van der Waals surface area contributed by atoms with E-state index in [1.807, 2.05) is 37.3 Å². The number of fused-ring (bicyclic) bond motifs is 1. The minimum Gasteiger partial charge on any atom is -0.507 e. The van der Waals surface area contributed by atoms with Crippen LogP contribution in [0.1, 0.15) is 15.9 Å². The van der Waals surface area contributed by atoms with Gasteiger partial charge in [0.05, 0.1) is 12.7 Å². The summed E-state index contributed by atoms with van der Waals surface area (Å²) in [7, 11) is 1.48. The molecule has 0 aliphatic heterocycles. The highest BCUT2D eigenvalue weighted by Crippen LogP contribution is 2.33. The average molecular weight is 414 g/mol. The van der Waals surface area contributed by atoms with Crippen LogP contribution in [0.2, 0.25) is 0 Å². The zero-order valence-corrected chi connectivity index (χ0v) is 17.2. The average Bonchev–Trinajstić information content (AvgIpc) is 2.77. The summed E-state index contributed by atoms with van der Waals surface area (Å²) in [6.45, 7) is 1.93. The van der Waals surface area contributed by atoms with Crippen molar-refractivity contribution < 1.29 is 19.7 Å². The van der Waals surface area contributed by atoms with Crippen LogP contribution in [0.3, 0.4) is 0 Å². The molecule has 0 aliphatic rings. The van der Waals surface area contributed by atoms with Crippen LogP contribution in [0.4, 0.5) is 0 Å². The Morgan fingerprint density at radius 3 is 2.55 bits per heavy atom. The van der Waals surface area contributed by atoms with Crippen LogP contribution in [0, 0.1) is 6.92 Å². The van der Waals surface area contributed by atoms with Gasteiger partial charge in [0.2, 0.25) is 0 Å². The molecule has 0 amide bonds. The number of phenolic OH excluding ortho intramolecular Hbond substituents is 2. The zero-order chi connectivity index (χ0) is 22.0. The molecule has 156 valence electrons. The first-order chi connectivity index (χ1) is 15.0. The summed E-state index contributed by atoms with van der Waals surface area (Å²) in [5, 5.41) is 24.9. The number of H-pyrrole nitrogens is 1. The van der Waals surface area contributed by atoms with E-state index < -0.39 is 5.91 Å². The third-order valence-electron chi connectivity index (χ3n) is 5.17. The van der Waals surface area contributed by atoms with Gasteiger partial charge in [0.1, 0.15) is 5.75 Å². The Hall–Kier alpha value is -4.19. The molecule has 0 bridgehead atoms. The fraction of sp³-hybridized carbons (Fsp3) is 0.0800. The van der Waals surface area contributed by atoms with Crippen molar-refractivity contribution >= 4 is 16.7 Å². The number of carbonyl (C=O) groups excluding carboxylic acids is 1. The summed E-state index contributed by atoms with van der Waals surface area (Å²) in [4.78, 5) is 13.5. The van der Waals surface area contributed by atoms with Crippen molar-refractivity contribution in [2.24, 2.45) is 0 Å². The third-order valence-corrected chi connectivity index (χ3v) is 5.17. The van der Waals surface area contributed by atoms with Crippen molar-refractivity contribution in [2.45, 2.75) is 6.92 Å². The van der Waals surface area contributed by atoms with E-state index in [0.29, 0.717) is 11.1 Å². The lowest BCUT2D eigenvalue weighted by Crippen LogP contribution is -2.15. The number of nitrogens with one attached hydrogen (secondary N) is 1. The molecule has 3 aromatic carbocycles. The molecular weight excluding hydrogens is 392 g/mol. The lowest BCUT2D eigenvalue weighted by Gasteiger charge is -2.13. The minimum absolute atomic E-state index is 0.0333. The van der Waals surface area contributed by atoms with Crippen LogP contribution in [0.5, 0.6) is 17.2 Å². The van der Waals surface area contributed by atoms with Gasteiger partial charge in [-0.3, -0.25) is 9.89 Å². The second-order valence-electron chi connectivity index (χ2n) is 7.12. The number of hydrogen-bond donors (Lipinski definition) is 3. The Morgan fingerprint density at radius 1 is 0.968 bits per heavy atom. The maximum absolute atomic E-state index is 13.5. The summed E-state index contributed by atoms with van der Waals surface area (Å²) in [5.41, 5.74) is 2.63. The van der Waals surface area contributed by atoms with E-state index in [-0.39, 0.29) is 17.1 Å². The van der Waals surface area contributed by atoms with E-state index in [1.54, 1.807) is 42.7 Å². The van der Waals surface area contributed by atoms with Gasteiger partial charge in [0, 0.05) is 18.0 Å². The Morgan fingerprint density at radius 2 is 1.74 bits per heavy atom. The van der Waals surface area contributed by atoms with E-state index in [0.717, 1.165) is 22.1 Å². The lowest BCUT2D eigenvalue weighted by molar-refractivity contribution is 0.0942. The second kappa shape index (κ2) is 8.28. The molecule has 3 N–H and O–H groups in total. The van der Waals surface area contributed by atoms with Crippen molar-refractivity contribution in [2.75, 3.05) is 7.11 Å². The first kappa shape index (κ1) is 20.1. The van der Waals surface area contributed by atoms with E-state index in [4.69, 9.17) is 4.74 Å². The number of ether oxygens (including phenoxy) is 1. The molecule has 0 saturated carbocycles. The number of phenols is 2. The second-order valence-corrected chi connectivity index (χ2v) is 7.12. The standard InChI is InChI=1S/C25H22N2O4/c1-16-6-5-13-26-27(15-20(16)18-10-11-21(28)23(14-18)31-2)25(30)24-19-8-4-3-7-17(19)9-12-22(24)29/h3-15,26,28-29H,1-2H3. The summed E-state index contributed by atoms with van der Waals surface area (Å²) >= 11 is 0. The molecule has 31 heavy (non-hydrogen) atoms. The lowest BCUT2D eigenvalue weighted by atomic mass is 10.0. The van der Waals surface area contributed by atoms with Gasteiger partial charge in [0.25, 0.3) is 5.91 Å². The van der Waals surface area contributed by atoms with Gasteiger partial charge < -0.3 is 14.9 Å². The number of aromatic hydroxyl groups is 2. The molecule has 0 spiro atoms. The first-order valence-corrected chi connectivity index (χ1v) is 9.73. The van der Waals surface area contributed by atoms with Crippen LogP contribution < -0.4 is 4.74 Å². The minimum atomic E-state index is -0.406. The highest BCUT2D eigenvalue weighted by atomic mass is 16.5. The number of aromatic nitrogens is 2. The fourth-order valence-electron chi connectivity index (χ4n) is 3.54. The topological polar surface area (TPSA) is 87.5 Å². The quantitative estimate of drug-likeness (QED) is 0.431. The summed E-state index contributed by atoms with van der Waals surface area (Å²) in [6.07, 6.45) is 3.32. The van der Waals surface area contributed by atoms with Gasteiger partial charge in [-0.25, -0.2) is 4.68 Å². The Balaban J connectivity index is 1.93. The first-order valence-electron chi connectivity index (χ1n) is 9.73. The van der Waals surface area contributed by atoms with Crippen molar-refractivity contribution in [3.05, 3.63) is 90.3 Å². The van der Waals surface area contributed by atoms with Crippen LogP contribution in [-0.2, 0) is 0 Å². The SMILES string of the molecule is COc1cc(-c2cn(C(=O)c3c(O)ccc4ccccc34)[nH]cccc2C)ccc1O. The fourth-order valence-corrected chi connectivity index (χ4v) is 3.54. The highest BCUT2D eigenvalue weighted by molar-refractivity contribution is 6.10. The largest absolute Gasteiger partial charge is 0.507 e. The number of carbonyl (C=O) groups is 1. The van der Waals surface area contributed by atoms with Crippen molar-refractivity contribution in [3.63, 3.8) is 0 Å². The molecule has 1 heterocycles. The van der Waals surface area contributed by atoms with E-state index >= 15 is 0 Å². The van der Waals surface area contributed by atoms with Gasteiger partial charge in [-0.15, -0.1) is 0 Å². The number of aryl methyl sites for hydroxylation is 1. The molecule has 6 heteroatoms. The highest BCUT2D eigenvalue weighted by Gasteiger charge is 2.17. The van der Waals surface area contributed by atoms with Crippen LogP contribution in [0.15, 0.2) is 79.1 Å². The monoisotopic (exact) mass is 414 g/mol. The molecule has 0 unspecified atom stereocenters. The number of nitrogens with zero attached hydrogens (tertiary/aromatic N) is 1. The van der Waals surface area contributed by atoms with Crippen molar-refractivity contribution in [3.8, 4) is 28.4 Å². The van der Waals surface area contributed by atoms with Gasteiger partial charge in [-0.2, -0.15) is 0 Å².